The number of nitrogens with zero attached hydrogens (tertiary/aromatic N) is 3. The van der Waals surface area contributed by atoms with Crippen LogP contribution in [0.4, 0.5) is 5.69 Å². The normalized spacial score (nSPS) is 25.2. The number of aromatic nitrogens is 2. The molecule has 22 heavy (non-hydrogen) atoms. The average Bonchev–Trinajstić information content (AvgIpc) is 2.75. The fourth-order valence-corrected chi connectivity index (χ4v) is 2.95. The van der Waals surface area contributed by atoms with E-state index in [4.69, 9.17) is 14.6 Å². The standard InChI is InChI=1S/C14H23N3O5/c1-9-7-12(8-10(2)22-9)16-11(3)13(17(19)20)14(15-16)21-6-4-5-18/h9-10,12,18H,4-8H2,1-3H3/t9-,10+,12?. The summed E-state index contributed by atoms with van der Waals surface area (Å²) >= 11 is 0. The molecule has 0 aliphatic carbocycles. The first-order chi connectivity index (χ1) is 10.4. The molecule has 2 heterocycles. The lowest BCUT2D eigenvalue weighted by atomic mass is 10.00. The summed E-state index contributed by atoms with van der Waals surface area (Å²) in [6, 6.07) is 0.0626. The minimum Gasteiger partial charge on any atom is -0.472 e. The highest BCUT2D eigenvalue weighted by Gasteiger charge is 2.33. The molecule has 1 aromatic rings. The maximum absolute atomic E-state index is 11.3. The van der Waals surface area contributed by atoms with Crippen molar-refractivity contribution in [3.05, 3.63) is 15.8 Å². The second-order valence-corrected chi connectivity index (χ2v) is 5.75. The number of aliphatic hydroxyl groups excluding tert-OH is 1. The summed E-state index contributed by atoms with van der Waals surface area (Å²) in [6.45, 7) is 5.86. The molecule has 0 saturated carbocycles. The van der Waals surface area contributed by atoms with Crippen molar-refractivity contribution in [2.24, 2.45) is 0 Å². The van der Waals surface area contributed by atoms with Gasteiger partial charge in [-0.2, -0.15) is 0 Å². The molecule has 1 N–H and O–H groups in total. The summed E-state index contributed by atoms with van der Waals surface area (Å²) in [5.41, 5.74) is 0.403. The summed E-state index contributed by atoms with van der Waals surface area (Å²) in [4.78, 5) is 10.8. The Labute approximate surface area is 129 Å². The van der Waals surface area contributed by atoms with Gasteiger partial charge in [-0.3, -0.25) is 14.8 Å². The van der Waals surface area contributed by atoms with Gasteiger partial charge in [0.2, 0.25) is 0 Å². The topological polar surface area (TPSA) is 99.7 Å². The van der Waals surface area contributed by atoms with Crippen LogP contribution in [0.5, 0.6) is 5.88 Å². The fraction of sp³-hybridized carbons (Fsp3) is 0.786. The van der Waals surface area contributed by atoms with E-state index in [1.165, 1.54) is 0 Å². The second-order valence-electron chi connectivity index (χ2n) is 5.75. The zero-order chi connectivity index (χ0) is 16.3. The Hall–Kier alpha value is -1.67. The van der Waals surface area contributed by atoms with Crippen molar-refractivity contribution in [2.75, 3.05) is 13.2 Å². The molecule has 0 radical (unpaired) electrons. The van der Waals surface area contributed by atoms with Gasteiger partial charge in [0.05, 0.1) is 29.8 Å². The first-order valence-electron chi connectivity index (χ1n) is 7.56. The Bertz CT molecular complexity index is 521. The Morgan fingerprint density at radius 3 is 2.64 bits per heavy atom. The summed E-state index contributed by atoms with van der Waals surface area (Å²) < 4.78 is 12.8. The Morgan fingerprint density at radius 1 is 1.45 bits per heavy atom. The van der Waals surface area contributed by atoms with Crippen molar-refractivity contribution in [1.29, 1.82) is 0 Å². The summed E-state index contributed by atoms with van der Waals surface area (Å²) in [5, 5.41) is 24.4. The van der Waals surface area contributed by atoms with E-state index in [0.717, 1.165) is 12.8 Å². The summed E-state index contributed by atoms with van der Waals surface area (Å²) in [7, 11) is 0. The van der Waals surface area contributed by atoms with Crippen molar-refractivity contribution in [1.82, 2.24) is 9.78 Å². The van der Waals surface area contributed by atoms with Crippen molar-refractivity contribution in [3.63, 3.8) is 0 Å². The van der Waals surface area contributed by atoms with Gasteiger partial charge in [0.1, 0.15) is 5.69 Å². The predicted molar refractivity (Wildman–Crippen MR) is 79.1 cm³/mol. The molecule has 3 atom stereocenters. The monoisotopic (exact) mass is 313 g/mol. The van der Waals surface area contributed by atoms with Crippen LogP contribution in [-0.2, 0) is 4.74 Å². The molecule has 8 heteroatoms. The van der Waals surface area contributed by atoms with E-state index in [9.17, 15) is 10.1 Å². The van der Waals surface area contributed by atoms with Crippen LogP contribution in [0.3, 0.4) is 0 Å². The maximum atomic E-state index is 11.3. The van der Waals surface area contributed by atoms with E-state index < -0.39 is 4.92 Å². The number of ether oxygens (including phenoxy) is 2. The van der Waals surface area contributed by atoms with E-state index in [-0.39, 0.29) is 43.0 Å². The van der Waals surface area contributed by atoms with Crippen LogP contribution in [0.15, 0.2) is 0 Å². The molecule has 8 nitrogen and oxygen atoms in total. The van der Waals surface area contributed by atoms with E-state index in [2.05, 4.69) is 5.10 Å². The molecule has 0 bridgehead atoms. The van der Waals surface area contributed by atoms with E-state index in [1.54, 1.807) is 11.6 Å². The molecule has 1 aromatic heterocycles. The van der Waals surface area contributed by atoms with Crippen LogP contribution in [0.2, 0.25) is 0 Å². The van der Waals surface area contributed by atoms with Crippen molar-refractivity contribution < 1.29 is 19.5 Å². The molecule has 2 rings (SSSR count). The highest BCUT2D eigenvalue weighted by atomic mass is 16.6. The number of hydrogen-bond acceptors (Lipinski definition) is 6. The Morgan fingerprint density at radius 2 is 2.09 bits per heavy atom. The molecule has 1 saturated heterocycles. The van der Waals surface area contributed by atoms with Gasteiger partial charge in [-0.15, -0.1) is 5.10 Å². The number of hydrogen-bond donors (Lipinski definition) is 1. The van der Waals surface area contributed by atoms with E-state index in [1.807, 2.05) is 13.8 Å². The lowest BCUT2D eigenvalue weighted by Crippen LogP contribution is -2.31. The zero-order valence-corrected chi connectivity index (χ0v) is 13.2. The molecule has 1 aliphatic heterocycles. The Balaban J connectivity index is 2.27. The summed E-state index contributed by atoms with van der Waals surface area (Å²) in [5.74, 6) is 0.0303. The number of aliphatic hydroxyl groups is 1. The highest BCUT2D eigenvalue weighted by Crippen LogP contribution is 2.36. The van der Waals surface area contributed by atoms with Gasteiger partial charge in [-0.05, 0) is 33.6 Å². The van der Waals surface area contributed by atoms with Crippen LogP contribution in [0.1, 0.15) is 44.8 Å². The van der Waals surface area contributed by atoms with Gasteiger partial charge in [0.15, 0.2) is 0 Å². The van der Waals surface area contributed by atoms with Crippen LogP contribution in [-0.4, -0.2) is 45.2 Å². The first kappa shape index (κ1) is 16.7. The van der Waals surface area contributed by atoms with Gasteiger partial charge in [0, 0.05) is 13.0 Å². The molecule has 1 fully saturated rings. The van der Waals surface area contributed by atoms with Crippen LogP contribution in [0, 0.1) is 17.0 Å². The third kappa shape index (κ3) is 3.56. The molecule has 124 valence electrons. The van der Waals surface area contributed by atoms with Gasteiger partial charge in [-0.25, -0.2) is 0 Å². The van der Waals surface area contributed by atoms with Gasteiger partial charge in [0.25, 0.3) is 0 Å². The summed E-state index contributed by atoms with van der Waals surface area (Å²) in [6.07, 6.45) is 2.12. The molecule has 1 aliphatic rings. The molecular weight excluding hydrogens is 290 g/mol. The lowest BCUT2D eigenvalue weighted by Gasteiger charge is -2.32. The molecule has 0 spiro atoms. The number of nitro groups is 1. The maximum Gasteiger partial charge on any atom is 0.352 e. The first-order valence-corrected chi connectivity index (χ1v) is 7.56. The van der Waals surface area contributed by atoms with E-state index in [0.29, 0.717) is 12.1 Å². The number of rotatable bonds is 6. The van der Waals surface area contributed by atoms with Gasteiger partial charge >= 0.3 is 11.6 Å². The van der Waals surface area contributed by atoms with Gasteiger partial charge < -0.3 is 14.6 Å². The second kappa shape index (κ2) is 7.06. The molecule has 0 aromatic carbocycles. The largest absolute Gasteiger partial charge is 0.472 e. The minimum absolute atomic E-state index is 0.0253. The van der Waals surface area contributed by atoms with Gasteiger partial charge in [-0.1, -0.05) is 0 Å². The quantitative estimate of drug-likeness (QED) is 0.490. The molecule has 0 amide bonds. The molecular formula is C14H23N3O5. The van der Waals surface area contributed by atoms with Crippen molar-refractivity contribution >= 4 is 5.69 Å². The van der Waals surface area contributed by atoms with Crippen molar-refractivity contribution in [2.45, 2.75) is 58.3 Å². The van der Waals surface area contributed by atoms with Crippen LogP contribution < -0.4 is 4.74 Å². The highest BCUT2D eigenvalue weighted by molar-refractivity contribution is 5.45. The minimum atomic E-state index is -0.459. The third-order valence-electron chi connectivity index (χ3n) is 3.83. The Kier molecular flexibility index (Phi) is 5.36. The average molecular weight is 313 g/mol. The lowest BCUT2D eigenvalue weighted by molar-refractivity contribution is -0.386. The fourth-order valence-electron chi connectivity index (χ4n) is 2.95. The zero-order valence-electron chi connectivity index (χ0n) is 13.2. The van der Waals surface area contributed by atoms with E-state index >= 15 is 0 Å². The molecule has 1 unspecified atom stereocenters. The van der Waals surface area contributed by atoms with Crippen molar-refractivity contribution in [3.8, 4) is 5.88 Å². The predicted octanol–water partition coefficient (Wildman–Crippen LogP) is 1.99. The SMILES string of the molecule is Cc1c([N+](=O)[O-])c(OCCCO)nn1C1C[C@@H](C)O[C@@H](C)C1. The van der Waals surface area contributed by atoms with Crippen LogP contribution in [0.25, 0.3) is 0 Å². The van der Waals surface area contributed by atoms with Crippen LogP contribution >= 0.6 is 0 Å². The smallest absolute Gasteiger partial charge is 0.352 e. The third-order valence-corrected chi connectivity index (χ3v) is 3.83.